The van der Waals surface area contributed by atoms with E-state index in [4.69, 9.17) is 0 Å². The van der Waals surface area contributed by atoms with Crippen LogP contribution in [0.2, 0.25) is 0 Å². The summed E-state index contributed by atoms with van der Waals surface area (Å²) in [6, 6.07) is 0. The molecule has 1 unspecified atom stereocenters. The average molecular weight is 170 g/mol. The van der Waals surface area contributed by atoms with Crippen molar-refractivity contribution in [1.82, 2.24) is 10.2 Å². The number of unbranched alkanes of at least 4 members (excludes halogenated alkanes) is 2. The number of nitrogens with one attached hydrogen (secondary N) is 1. The van der Waals surface area contributed by atoms with E-state index in [9.17, 15) is 4.79 Å². The maximum absolute atomic E-state index is 11.2. The van der Waals surface area contributed by atoms with Gasteiger partial charge >= 0.3 is 0 Å². The molecule has 0 saturated carbocycles. The molecule has 1 heterocycles. The van der Waals surface area contributed by atoms with Gasteiger partial charge in [0.2, 0.25) is 5.91 Å². The molecule has 3 nitrogen and oxygen atoms in total. The Balaban J connectivity index is 2.25. The van der Waals surface area contributed by atoms with Crippen molar-refractivity contribution in [3.63, 3.8) is 0 Å². The molecular formula is C9H18N2O. The van der Waals surface area contributed by atoms with Crippen LogP contribution in [0.25, 0.3) is 0 Å². The van der Waals surface area contributed by atoms with Crippen molar-refractivity contribution < 1.29 is 4.79 Å². The molecule has 0 bridgehead atoms. The summed E-state index contributed by atoms with van der Waals surface area (Å²) in [5, 5.41) is 3.12. The van der Waals surface area contributed by atoms with E-state index >= 15 is 0 Å². The standard InChI is InChI=1S/C9H18N2O/c1-3-4-5-6-11-8(2)10-7-9(11)12/h8,10H,3-7H2,1-2H3. The number of hydrogen-bond donors (Lipinski definition) is 1. The highest BCUT2D eigenvalue weighted by molar-refractivity contribution is 5.80. The van der Waals surface area contributed by atoms with Gasteiger partial charge in [0.15, 0.2) is 0 Å². The van der Waals surface area contributed by atoms with E-state index in [1.54, 1.807) is 0 Å². The largest absolute Gasteiger partial charge is 0.326 e. The van der Waals surface area contributed by atoms with Crippen LogP contribution >= 0.6 is 0 Å². The van der Waals surface area contributed by atoms with Gasteiger partial charge in [0.1, 0.15) is 0 Å². The van der Waals surface area contributed by atoms with E-state index in [1.807, 2.05) is 11.8 Å². The normalized spacial score (nSPS) is 23.7. The minimum Gasteiger partial charge on any atom is -0.326 e. The molecule has 0 radical (unpaired) electrons. The Labute approximate surface area is 74.1 Å². The molecule has 0 aromatic rings. The van der Waals surface area contributed by atoms with Crippen LogP contribution in [0.3, 0.4) is 0 Å². The van der Waals surface area contributed by atoms with Crippen LogP contribution in [0.1, 0.15) is 33.1 Å². The second-order valence-corrected chi connectivity index (χ2v) is 3.35. The Kier molecular flexibility index (Phi) is 3.53. The lowest BCUT2D eigenvalue weighted by atomic mass is 10.2. The summed E-state index contributed by atoms with van der Waals surface area (Å²) in [5.74, 6) is 0.249. The molecule has 0 aromatic carbocycles. The average Bonchev–Trinajstić information content (AvgIpc) is 2.35. The summed E-state index contributed by atoms with van der Waals surface area (Å²) in [6.45, 7) is 5.65. The predicted octanol–water partition coefficient (Wildman–Crippen LogP) is 0.954. The highest BCUT2D eigenvalue weighted by Gasteiger charge is 2.25. The summed E-state index contributed by atoms with van der Waals surface area (Å²) in [7, 11) is 0. The third-order valence-corrected chi connectivity index (χ3v) is 2.34. The fourth-order valence-corrected chi connectivity index (χ4v) is 1.51. The topological polar surface area (TPSA) is 32.3 Å². The highest BCUT2D eigenvalue weighted by atomic mass is 16.2. The van der Waals surface area contributed by atoms with Crippen LogP contribution < -0.4 is 5.32 Å². The quantitative estimate of drug-likeness (QED) is 0.637. The molecule has 1 rings (SSSR count). The Morgan fingerprint density at radius 2 is 2.33 bits per heavy atom. The Bertz CT molecular complexity index is 159. The molecule has 70 valence electrons. The lowest BCUT2D eigenvalue weighted by Crippen LogP contribution is -2.35. The summed E-state index contributed by atoms with van der Waals surface area (Å²) < 4.78 is 0. The predicted molar refractivity (Wildman–Crippen MR) is 48.7 cm³/mol. The van der Waals surface area contributed by atoms with Gasteiger partial charge in [-0.05, 0) is 13.3 Å². The van der Waals surface area contributed by atoms with Gasteiger partial charge in [-0.2, -0.15) is 0 Å². The summed E-state index contributed by atoms with van der Waals surface area (Å²) in [6.07, 6.45) is 3.81. The Morgan fingerprint density at radius 3 is 2.83 bits per heavy atom. The first kappa shape index (κ1) is 9.52. The molecule has 1 fully saturated rings. The second-order valence-electron chi connectivity index (χ2n) is 3.35. The zero-order valence-corrected chi connectivity index (χ0v) is 7.97. The van der Waals surface area contributed by atoms with Crippen LogP contribution in [-0.4, -0.2) is 30.1 Å². The van der Waals surface area contributed by atoms with E-state index in [-0.39, 0.29) is 12.1 Å². The van der Waals surface area contributed by atoms with Crippen molar-refractivity contribution in [1.29, 1.82) is 0 Å². The van der Waals surface area contributed by atoms with Gasteiger partial charge in [0.25, 0.3) is 0 Å². The van der Waals surface area contributed by atoms with Crippen LogP contribution in [0.15, 0.2) is 0 Å². The zero-order valence-electron chi connectivity index (χ0n) is 7.97. The third-order valence-electron chi connectivity index (χ3n) is 2.34. The lowest BCUT2D eigenvalue weighted by Gasteiger charge is -2.20. The molecule has 0 spiro atoms. The van der Waals surface area contributed by atoms with Crippen LogP contribution in [0, 0.1) is 0 Å². The van der Waals surface area contributed by atoms with Gasteiger partial charge in [0.05, 0.1) is 12.7 Å². The van der Waals surface area contributed by atoms with Crippen LogP contribution in [0.5, 0.6) is 0 Å². The molecular weight excluding hydrogens is 152 g/mol. The van der Waals surface area contributed by atoms with Crippen LogP contribution in [0.4, 0.5) is 0 Å². The van der Waals surface area contributed by atoms with Crippen molar-refractivity contribution in [2.75, 3.05) is 13.1 Å². The first-order chi connectivity index (χ1) is 5.75. The number of carbonyl (C=O) groups is 1. The Morgan fingerprint density at radius 1 is 1.58 bits per heavy atom. The minimum atomic E-state index is 0.245. The molecule has 1 saturated heterocycles. The van der Waals surface area contributed by atoms with E-state index in [2.05, 4.69) is 12.2 Å². The van der Waals surface area contributed by atoms with Gasteiger partial charge < -0.3 is 4.90 Å². The molecule has 1 aliphatic rings. The second kappa shape index (κ2) is 4.45. The molecule has 1 atom stereocenters. The monoisotopic (exact) mass is 170 g/mol. The molecule has 1 amide bonds. The third kappa shape index (κ3) is 2.21. The van der Waals surface area contributed by atoms with Crippen molar-refractivity contribution in [3.05, 3.63) is 0 Å². The van der Waals surface area contributed by atoms with E-state index in [1.165, 1.54) is 12.8 Å². The minimum absolute atomic E-state index is 0.245. The molecule has 1 N–H and O–H groups in total. The molecule has 0 aliphatic carbocycles. The van der Waals surface area contributed by atoms with E-state index < -0.39 is 0 Å². The first-order valence-corrected chi connectivity index (χ1v) is 4.78. The van der Waals surface area contributed by atoms with Gasteiger partial charge in [-0.25, -0.2) is 0 Å². The SMILES string of the molecule is CCCCCN1C(=O)CNC1C. The number of hydrogen-bond acceptors (Lipinski definition) is 2. The van der Waals surface area contributed by atoms with Gasteiger partial charge in [0, 0.05) is 6.54 Å². The Hall–Kier alpha value is -0.570. The van der Waals surface area contributed by atoms with Crippen molar-refractivity contribution in [3.8, 4) is 0 Å². The molecule has 1 aliphatic heterocycles. The number of amides is 1. The van der Waals surface area contributed by atoms with E-state index in [0.29, 0.717) is 6.54 Å². The summed E-state index contributed by atoms with van der Waals surface area (Å²) >= 11 is 0. The zero-order chi connectivity index (χ0) is 8.97. The van der Waals surface area contributed by atoms with Crippen LogP contribution in [-0.2, 0) is 4.79 Å². The smallest absolute Gasteiger partial charge is 0.237 e. The summed E-state index contributed by atoms with van der Waals surface area (Å²) in [5.41, 5.74) is 0. The van der Waals surface area contributed by atoms with Gasteiger partial charge in [-0.3, -0.25) is 10.1 Å². The molecule has 3 heteroatoms. The van der Waals surface area contributed by atoms with E-state index in [0.717, 1.165) is 13.0 Å². The maximum atomic E-state index is 11.2. The molecule has 12 heavy (non-hydrogen) atoms. The number of rotatable bonds is 4. The maximum Gasteiger partial charge on any atom is 0.237 e. The molecule has 0 aromatic heterocycles. The van der Waals surface area contributed by atoms with Crippen molar-refractivity contribution >= 4 is 5.91 Å². The van der Waals surface area contributed by atoms with Crippen molar-refractivity contribution in [2.45, 2.75) is 39.3 Å². The van der Waals surface area contributed by atoms with Gasteiger partial charge in [-0.15, -0.1) is 0 Å². The fourth-order valence-electron chi connectivity index (χ4n) is 1.51. The number of nitrogens with zero attached hydrogens (tertiary/aromatic N) is 1. The van der Waals surface area contributed by atoms with Gasteiger partial charge in [-0.1, -0.05) is 19.8 Å². The lowest BCUT2D eigenvalue weighted by molar-refractivity contribution is -0.127. The fraction of sp³-hybridized carbons (Fsp3) is 0.889. The summed E-state index contributed by atoms with van der Waals surface area (Å²) in [4.78, 5) is 13.2. The highest BCUT2D eigenvalue weighted by Crippen LogP contribution is 2.06. The first-order valence-electron chi connectivity index (χ1n) is 4.78. The van der Waals surface area contributed by atoms with Crippen molar-refractivity contribution in [2.24, 2.45) is 0 Å². The number of carbonyl (C=O) groups excluding carboxylic acids is 1.